The van der Waals surface area contributed by atoms with Gasteiger partial charge in [0.15, 0.2) is 0 Å². The SMILES string of the molecule is O=C(Cc1csc(-c2ccccc2)n1)N1CCOCC1. The summed E-state index contributed by atoms with van der Waals surface area (Å²) in [7, 11) is 0. The predicted octanol–water partition coefficient (Wildman–Crippen LogP) is 2.21. The van der Waals surface area contributed by atoms with Crippen LogP contribution in [0.1, 0.15) is 5.69 Å². The van der Waals surface area contributed by atoms with Crippen LogP contribution < -0.4 is 0 Å². The van der Waals surface area contributed by atoms with Crippen LogP contribution in [0, 0.1) is 0 Å². The second-order valence-corrected chi connectivity index (χ2v) is 5.54. The van der Waals surface area contributed by atoms with Crippen LogP contribution in [-0.2, 0) is 16.0 Å². The summed E-state index contributed by atoms with van der Waals surface area (Å²) >= 11 is 1.58. The molecule has 1 aromatic carbocycles. The van der Waals surface area contributed by atoms with Crippen molar-refractivity contribution in [1.29, 1.82) is 0 Å². The molecule has 0 N–H and O–H groups in total. The van der Waals surface area contributed by atoms with Crippen LogP contribution in [-0.4, -0.2) is 42.1 Å². The molecule has 5 heteroatoms. The Morgan fingerprint density at radius 1 is 1.25 bits per heavy atom. The van der Waals surface area contributed by atoms with Gasteiger partial charge in [-0.25, -0.2) is 4.98 Å². The molecule has 0 radical (unpaired) electrons. The minimum absolute atomic E-state index is 0.137. The number of nitrogens with zero attached hydrogens (tertiary/aromatic N) is 2. The maximum absolute atomic E-state index is 12.1. The summed E-state index contributed by atoms with van der Waals surface area (Å²) < 4.78 is 5.25. The fourth-order valence-electron chi connectivity index (χ4n) is 2.18. The Kier molecular flexibility index (Phi) is 4.08. The van der Waals surface area contributed by atoms with Gasteiger partial charge >= 0.3 is 0 Å². The summed E-state index contributed by atoms with van der Waals surface area (Å²) in [6.07, 6.45) is 0.378. The van der Waals surface area contributed by atoms with Gasteiger partial charge < -0.3 is 9.64 Å². The van der Waals surface area contributed by atoms with Gasteiger partial charge in [-0.15, -0.1) is 11.3 Å². The van der Waals surface area contributed by atoms with Crippen molar-refractivity contribution in [1.82, 2.24) is 9.88 Å². The molecule has 4 nitrogen and oxygen atoms in total. The van der Waals surface area contributed by atoms with E-state index in [1.54, 1.807) is 11.3 Å². The first-order valence-electron chi connectivity index (χ1n) is 6.68. The zero-order valence-electron chi connectivity index (χ0n) is 11.1. The first kappa shape index (κ1) is 13.3. The fraction of sp³-hybridized carbons (Fsp3) is 0.333. The Hall–Kier alpha value is -1.72. The number of aromatic nitrogens is 1. The van der Waals surface area contributed by atoms with Crippen molar-refractivity contribution in [3.8, 4) is 10.6 Å². The van der Waals surface area contributed by atoms with Crippen LogP contribution in [0.25, 0.3) is 10.6 Å². The first-order valence-corrected chi connectivity index (χ1v) is 7.56. The molecule has 0 aliphatic carbocycles. The van der Waals surface area contributed by atoms with Crippen molar-refractivity contribution in [2.24, 2.45) is 0 Å². The zero-order chi connectivity index (χ0) is 13.8. The van der Waals surface area contributed by atoms with Gasteiger partial charge in [-0.2, -0.15) is 0 Å². The molecule has 104 valence electrons. The van der Waals surface area contributed by atoms with Gasteiger partial charge in [0.25, 0.3) is 0 Å². The van der Waals surface area contributed by atoms with Crippen LogP contribution in [0.4, 0.5) is 0 Å². The lowest BCUT2D eigenvalue weighted by atomic mass is 10.2. The third-order valence-electron chi connectivity index (χ3n) is 3.27. The summed E-state index contributed by atoms with van der Waals surface area (Å²) in [4.78, 5) is 18.6. The Morgan fingerprint density at radius 2 is 2.00 bits per heavy atom. The normalized spacial score (nSPS) is 15.3. The lowest BCUT2D eigenvalue weighted by Gasteiger charge is -2.26. The number of rotatable bonds is 3. The average molecular weight is 288 g/mol. The van der Waals surface area contributed by atoms with E-state index in [1.807, 2.05) is 40.6 Å². The Labute approximate surface area is 122 Å². The summed E-state index contributed by atoms with van der Waals surface area (Å²) in [5.74, 6) is 0.137. The smallest absolute Gasteiger partial charge is 0.228 e. The van der Waals surface area contributed by atoms with Crippen LogP contribution in [0.15, 0.2) is 35.7 Å². The zero-order valence-corrected chi connectivity index (χ0v) is 11.9. The molecule has 0 spiro atoms. The summed E-state index contributed by atoms with van der Waals surface area (Å²) in [6.45, 7) is 2.65. The van der Waals surface area contributed by atoms with E-state index in [9.17, 15) is 4.79 Å². The molecule has 0 bridgehead atoms. The molecule has 1 amide bonds. The van der Waals surface area contributed by atoms with Crippen molar-refractivity contribution >= 4 is 17.2 Å². The molecule has 1 aromatic heterocycles. The largest absolute Gasteiger partial charge is 0.378 e. The van der Waals surface area contributed by atoms with E-state index in [1.165, 1.54) is 0 Å². The second kappa shape index (κ2) is 6.15. The third kappa shape index (κ3) is 3.05. The predicted molar refractivity (Wildman–Crippen MR) is 78.7 cm³/mol. The number of carbonyl (C=O) groups is 1. The number of morpholine rings is 1. The van der Waals surface area contributed by atoms with Crippen molar-refractivity contribution in [2.45, 2.75) is 6.42 Å². The molecule has 1 fully saturated rings. The maximum atomic E-state index is 12.1. The van der Waals surface area contributed by atoms with Gasteiger partial charge in [0.2, 0.25) is 5.91 Å². The van der Waals surface area contributed by atoms with Crippen molar-refractivity contribution < 1.29 is 9.53 Å². The molecule has 3 rings (SSSR count). The van der Waals surface area contributed by atoms with Crippen LogP contribution in [0.3, 0.4) is 0 Å². The topological polar surface area (TPSA) is 42.4 Å². The highest BCUT2D eigenvalue weighted by molar-refractivity contribution is 7.13. The van der Waals surface area contributed by atoms with Crippen molar-refractivity contribution in [2.75, 3.05) is 26.3 Å². The standard InChI is InChI=1S/C15H16N2O2S/c18-14(17-6-8-19-9-7-17)10-13-11-20-15(16-13)12-4-2-1-3-5-12/h1-5,11H,6-10H2. The van der Waals surface area contributed by atoms with Crippen LogP contribution in [0.5, 0.6) is 0 Å². The number of carbonyl (C=O) groups excluding carboxylic acids is 1. The van der Waals surface area contributed by atoms with Crippen LogP contribution in [0.2, 0.25) is 0 Å². The Balaban J connectivity index is 1.66. The van der Waals surface area contributed by atoms with E-state index in [0.29, 0.717) is 32.7 Å². The van der Waals surface area contributed by atoms with Gasteiger partial charge in [-0.3, -0.25) is 4.79 Å². The third-order valence-corrected chi connectivity index (χ3v) is 4.21. The Morgan fingerprint density at radius 3 is 2.75 bits per heavy atom. The number of hydrogen-bond acceptors (Lipinski definition) is 4. The van der Waals surface area contributed by atoms with E-state index in [4.69, 9.17) is 4.74 Å². The maximum Gasteiger partial charge on any atom is 0.228 e. The number of hydrogen-bond donors (Lipinski definition) is 0. The highest BCUT2D eigenvalue weighted by Gasteiger charge is 2.18. The molecular formula is C15H16N2O2S. The first-order chi connectivity index (χ1) is 9.83. The second-order valence-electron chi connectivity index (χ2n) is 4.68. The van der Waals surface area contributed by atoms with Crippen molar-refractivity contribution in [3.05, 3.63) is 41.4 Å². The monoisotopic (exact) mass is 288 g/mol. The van der Waals surface area contributed by atoms with Gasteiger partial charge in [-0.05, 0) is 0 Å². The average Bonchev–Trinajstić information content (AvgIpc) is 2.97. The molecule has 0 saturated carbocycles. The molecule has 20 heavy (non-hydrogen) atoms. The van der Waals surface area contributed by atoms with E-state index >= 15 is 0 Å². The molecule has 0 atom stereocenters. The highest BCUT2D eigenvalue weighted by Crippen LogP contribution is 2.23. The molecule has 2 heterocycles. The van der Waals surface area contributed by atoms with E-state index in [2.05, 4.69) is 4.98 Å². The Bertz CT molecular complexity index is 577. The molecule has 1 aliphatic rings. The van der Waals surface area contributed by atoms with E-state index < -0.39 is 0 Å². The quantitative estimate of drug-likeness (QED) is 0.869. The summed E-state index contributed by atoms with van der Waals surface area (Å²) in [6, 6.07) is 10.0. The summed E-state index contributed by atoms with van der Waals surface area (Å²) in [5.41, 5.74) is 1.95. The van der Waals surface area contributed by atoms with Crippen LogP contribution >= 0.6 is 11.3 Å². The molecular weight excluding hydrogens is 272 g/mol. The number of benzene rings is 1. The molecule has 2 aromatic rings. The highest BCUT2D eigenvalue weighted by atomic mass is 32.1. The van der Waals surface area contributed by atoms with Crippen molar-refractivity contribution in [3.63, 3.8) is 0 Å². The van der Waals surface area contributed by atoms with Gasteiger partial charge in [0.05, 0.1) is 25.3 Å². The lowest BCUT2D eigenvalue weighted by molar-refractivity contribution is -0.134. The molecule has 1 aliphatic heterocycles. The number of thiazole rings is 1. The van der Waals surface area contributed by atoms with E-state index in [0.717, 1.165) is 16.3 Å². The van der Waals surface area contributed by atoms with E-state index in [-0.39, 0.29) is 5.91 Å². The summed E-state index contributed by atoms with van der Waals surface area (Å²) in [5, 5.41) is 2.94. The van der Waals surface area contributed by atoms with Gasteiger partial charge in [0, 0.05) is 24.0 Å². The molecule has 1 saturated heterocycles. The number of ether oxygens (including phenoxy) is 1. The minimum Gasteiger partial charge on any atom is -0.378 e. The molecule has 0 unspecified atom stereocenters. The number of amides is 1. The van der Waals surface area contributed by atoms with Gasteiger partial charge in [0.1, 0.15) is 5.01 Å². The minimum atomic E-state index is 0.137. The lowest BCUT2D eigenvalue weighted by Crippen LogP contribution is -2.41. The van der Waals surface area contributed by atoms with Gasteiger partial charge in [-0.1, -0.05) is 30.3 Å². The fourth-order valence-corrected chi connectivity index (χ4v) is 3.01.